The van der Waals surface area contributed by atoms with Crippen molar-refractivity contribution in [2.75, 3.05) is 19.6 Å². The molecular formula is C24H24F2N2O2. The molecule has 0 aliphatic carbocycles. The number of pyridine rings is 1. The fourth-order valence-electron chi connectivity index (χ4n) is 3.61. The van der Waals surface area contributed by atoms with Crippen LogP contribution in [-0.4, -0.2) is 35.3 Å². The van der Waals surface area contributed by atoms with Gasteiger partial charge < -0.3 is 9.64 Å². The van der Waals surface area contributed by atoms with Gasteiger partial charge in [-0.1, -0.05) is 24.3 Å². The van der Waals surface area contributed by atoms with Gasteiger partial charge in [0.25, 0.3) is 5.56 Å². The first-order chi connectivity index (χ1) is 14.6. The summed E-state index contributed by atoms with van der Waals surface area (Å²) < 4.78 is 33.4. The van der Waals surface area contributed by atoms with Crippen LogP contribution in [0.1, 0.15) is 17.5 Å². The number of rotatable bonds is 7. The zero-order valence-electron chi connectivity index (χ0n) is 16.6. The van der Waals surface area contributed by atoms with Gasteiger partial charge in [-0.05, 0) is 54.3 Å². The molecule has 1 aliphatic rings. The molecule has 1 aliphatic heterocycles. The molecule has 156 valence electrons. The molecule has 1 fully saturated rings. The average Bonchev–Trinajstić information content (AvgIpc) is 3.18. The van der Waals surface area contributed by atoms with E-state index in [1.165, 1.54) is 18.2 Å². The second kappa shape index (κ2) is 9.22. The summed E-state index contributed by atoms with van der Waals surface area (Å²) in [6.45, 7) is 2.46. The van der Waals surface area contributed by atoms with E-state index in [0.29, 0.717) is 18.7 Å². The third-order valence-corrected chi connectivity index (χ3v) is 5.36. The molecule has 30 heavy (non-hydrogen) atoms. The van der Waals surface area contributed by atoms with Crippen LogP contribution in [0.3, 0.4) is 0 Å². The average molecular weight is 410 g/mol. The highest BCUT2D eigenvalue weighted by Gasteiger charge is 2.20. The van der Waals surface area contributed by atoms with Crippen LogP contribution < -0.4 is 10.3 Å². The van der Waals surface area contributed by atoms with Crippen LogP contribution in [0.2, 0.25) is 0 Å². The predicted octanol–water partition coefficient (Wildman–Crippen LogP) is 4.14. The van der Waals surface area contributed by atoms with Gasteiger partial charge in [0, 0.05) is 37.6 Å². The van der Waals surface area contributed by atoms with E-state index in [9.17, 15) is 13.6 Å². The molecule has 0 amide bonds. The first-order valence-corrected chi connectivity index (χ1v) is 10.1. The predicted molar refractivity (Wildman–Crippen MR) is 112 cm³/mol. The van der Waals surface area contributed by atoms with E-state index in [2.05, 4.69) is 4.90 Å². The van der Waals surface area contributed by atoms with Gasteiger partial charge in [-0.2, -0.15) is 0 Å². The number of hydrogen-bond donors (Lipinski definition) is 0. The lowest BCUT2D eigenvalue weighted by Gasteiger charge is -2.14. The third kappa shape index (κ3) is 5.13. The van der Waals surface area contributed by atoms with Gasteiger partial charge in [-0.25, -0.2) is 8.78 Å². The maximum absolute atomic E-state index is 13.3. The number of ether oxygens (including phenoxy) is 1. The molecule has 0 N–H and O–H groups in total. The third-order valence-electron chi connectivity index (χ3n) is 5.36. The Labute approximate surface area is 174 Å². The lowest BCUT2D eigenvalue weighted by Crippen LogP contribution is -2.23. The largest absolute Gasteiger partial charge is 0.489 e. The fourth-order valence-corrected chi connectivity index (χ4v) is 3.61. The number of likely N-dealkylation sites (tertiary alicyclic amines) is 1. The van der Waals surface area contributed by atoms with E-state index in [-0.39, 0.29) is 18.0 Å². The minimum Gasteiger partial charge on any atom is -0.489 e. The summed E-state index contributed by atoms with van der Waals surface area (Å²) >= 11 is 0. The zero-order valence-corrected chi connectivity index (χ0v) is 16.6. The molecular weight excluding hydrogens is 386 g/mol. The Balaban J connectivity index is 1.36. The Morgan fingerprint density at radius 1 is 1.00 bits per heavy atom. The van der Waals surface area contributed by atoms with Crippen molar-refractivity contribution < 1.29 is 13.5 Å². The first kappa shape index (κ1) is 20.3. The molecule has 1 saturated heterocycles. The van der Waals surface area contributed by atoms with Crippen molar-refractivity contribution in [2.24, 2.45) is 0 Å². The summed E-state index contributed by atoms with van der Waals surface area (Å²) in [5.41, 5.74) is 2.57. The maximum Gasteiger partial charge on any atom is 0.258 e. The lowest BCUT2D eigenvalue weighted by atomic mass is 10.1. The Morgan fingerprint density at radius 2 is 1.73 bits per heavy atom. The minimum atomic E-state index is -0.693. The molecule has 1 atom stereocenters. The molecule has 0 radical (unpaired) electrons. The van der Waals surface area contributed by atoms with Gasteiger partial charge in [0.15, 0.2) is 0 Å². The maximum atomic E-state index is 13.3. The van der Waals surface area contributed by atoms with Gasteiger partial charge in [0.2, 0.25) is 0 Å². The first-order valence-electron chi connectivity index (χ1n) is 10.1. The molecule has 4 rings (SSSR count). The molecule has 0 saturated carbocycles. The van der Waals surface area contributed by atoms with Crippen molar-refractivity contribution in [3.05, 3.63) is 94.2 Å². The molecule has 2 heterocycles. The highest BCUT2D eigenvalue weighted by molar-refractivity contribution is 5.36. The van der Waals surface area contributed by atoms with E-state index in [4.69, 9.17) is 4.74 Å². The molecule has 4 nitrogen and oxygen atoms in total. The monoisotopic (exact) mass is 410 g/mol. The van der Waals surface area contributed by atoms with Crippen molar-refractivity contribution in [1.82, 2.24) is 9.47 Å². The van der Waals surface area contributed by atoms with E-state index in [1.807, 2.05) is 24.3 Å². The van der Waals surface area contributed by atoms with Crippen molar-refractivity contribution in [1.29, 1.82) is 0 Å². The van der Waals surface area contributed by atoms with Crippen LogP contribution in [0.15, 0.2) is 71.7 Å². The van der Waals surface area contributed by atoms with Gasteiger partial charge in [-0.3, -0.25) is 9.36 Å². The normalized spacial score (nSPS) is 16.7. The number of hydrogen-bond acceptors (Lipinski definition) is 3. The van der Waals surface area contributed by atoms with Gasteiger partial charge in [0.05, 0.1) is 0 Å². The minimum absolute atomic E-state index is 0.189. The lowest BCUT2D eigenvalue weighted by molar-refractivity contribution is 0.290. The Hall–Kier alpha value is -2.99. The standard InChI is InChI=1S/C24H24F2N2O2/c25-20-5-1-19(2-6-20)17-30-23-11-14-28(24(29)15-23)22-7-3-18(4-8-22)9-12-27-13-10-21(26)16-27/h1-8,11,14-15,21H,9-10,12-13,16-17H2/t21-/m1/s1. The van der Waals surface area contributed by atoms with Crippen LogP contribution in [0.4, 0.5) is 8.78 Å². The molecule has 0 spiro atoms. The zero-order chi connectivity index (χ0) is 20.9. The summed E-state index contributed by atoms with van der Waals surface area (Å²) in [6.07, 6.45) is 2.48. The number of nitrogens with zero attached hydrogens (tertiary/aromatic N) is 2. The highest BCUT2D eigenvalue weighted by Crippen LogP contribution is 2.15. The molecule has 0 unspecified atom stereocenters. The van der Waals surface area contributed by atoms with Gasteiger partial charge in [0.1, 0.15) is 24.3 Å². The van der Waals surface area contributed by atoms with Crippen LogP contribution >= 0.6 is 0 Å². The summed E-state index contributed by atoms with van der Waals surface area (Å²) in [7, 11) is 0. The molecule has 6 heteroatoms. The molecule has 2 aromatic carbocycles. The summed E-state index contributed by atoms with van der Waals surface area (Å²) in [6, 6.07) is 17.1. The summed E-state index contributed by atoms with van der Waals surface area (Å²) in [5.74, 6) is 0.172. The second-order valence-corrected chi connectivity index (χ2v) is 7.59. The SMILES string of the molecule is O=c1cc(OCc2ccc(F)cc2)ccn1-c1ccc(CCN2CC[C@@H](F)C2)cc1. The van der Waals surface area contributed by atoms with Crippen LogP contribution in [0, 0.1) is 5.82 Å². The molecule has 1 aromatic heterocycles. The number of halogens is 2. The van der Waals surface area contributed by atoms with Crippen molar-refractivity contribution in [3.8, 4) is 11.4 Å². The second-order valence-electron chi connectivity index (χ2n) is 7.59. The van der Waals surface area contributed by atoms with E-state index in [1.54, 1.807) is 29.0 Å². The molecule has 3 aromatic rings. The van der Waals surface area contributed by atoms with E-state index < -0.39 is 6.17 Å². The highest BCUT2D eigenvalue weighted by atomic mass is 19.1. The fraction of sp³-hybridized carbons (Fsp3) is 0.292. The van der Waals surface area contributed by atoms with Gasteiger partial charge >= 0.3 is 0 Å². The van der Waals surface area contributed by atoms with Crippen molar-refractivity contribution >= 4 is 0 Å². The van der Waals surface area contributed by atoms with Gasteiger partial charge in [-0.15, -0.1) is 0 Å². The van der Waals surface area contributed by atoms with E-state index in [0.717, 1.165) is 36.3 Å². The number of alkyl halides is 1. The number of benzene rings is 2. The Morgan fingerprint density at radius 3 is 2.40 bits per heavy atom. The Bertz CT molecular complexity index is 1030. The topological polar surface area (TPSA) is 34.5 Å². The van der Waals surface area contributed by atoms with Crippen LogP contribution in [0.5, 0.6) is 5.75 Å². The smallest absolute Gasteiger partial charge is 0.258 e. The van der Waals surface area contributed by atoms with E-state index >= 15 is 0 Å². The summed E-state index contributed by atoms with van der Waals surface area (Å²) in [5, 5.41) is 0. The summed E-state index contributed by atoms with van der Waals surface area (Å²) in [4.78, 5) is 14.6. The molecule has 0 bridgehead atoms. The Kier molecular flexibility index (Phi) is 6.23. The van der Waals surface area contributed by atoms with Crippen LogP contribution in [-0.2, 0) is 13.0 Å². The van der Waals surface area contributed by atoms with Crippen LogP contribution in [0.25, 0.3) is 5.69 Å². The quantitative estimate of drug-likeness (QED) is 0.587. The number of aromatic nitrogens is 1. The van der Waals surface area contributed by atoms with Crippen molar-refractivity contribution in [2.45, 2.75) is 25.6 Å². The van der Waals surface area contributed by atoms with Crippen molar-refractivity contribution in [3.63, 3.8) is 0 Å².